The first kappa shape index (κ1) is 128. The molecule has 0 aliphatic heterocycles. The third-order valence-electron chi connectivity index (χ3n) is 0. The van der Waals surface area contributed by atoms with Crippen LogP contribution >= 0.6 is 0 Å². The molecule has 0 radical (unpaired) electrons. The summed E-state index contributed by atoms with van der Waals surface area (Å²) in [6.07, 6.45) is 0. The Morgan fingerprint density at radius 2 is 0.571 bits per heavy atom. The van der Waals surface area contributed by atoms with Gasteiger partial charge in [0.2, 0.25) is 0 Å². The van der Waals surface area contributed by atoms with Gasteiger partial charge in [0.25, 0.3) is 0 Å². The molecule has 0 amide bonds. The molecule has 0 saturated heterocycles. The fourth-order valence-corrected chi connectivity index (χ4v) is 0. The van der Waals surface area contributed by atoms with Crippen LogP contribution in [0.4, 0.5) is 0 Å². The van der Waals surface area contributed by atoms with Crippen molar-refractivity contribution in [1.82, 2.24) is 0 Å². The van der Waals surface area contributed by atoms with Crippen molar-refractivity contribution in [2.75, 3.05) is 0 Å². The summed E-state index contributed by atoms with van der Waals surface area (Å²) in [7, 11) is 0. The minimum absolute atomic E-state index is 0. The fourth-order valence-electron chi connectivity index (χ4n) is 0. The van der Waals surface area contributed by atoms with Gasteiger partial charge in [0.1, 0.15) is 0 Å². The molecular weight excluding hydrogens is 289 g/mol. The van der Waals surface area contributed by atoms with Crippen molar-refractivity contribution in [1.29, 1.82) is 0 Å². The van der Waals surface area contributed by atoms with Crippen LogP contribution < -0.4 is 0 Å². The van der Waals surface area contributed by atoms with Crippen molar-refractivity contribution in [2.45, 2.75) is 0 Å². The average molecular weight is 289 g/mol. The van der Waals surface area contributed by atoms with Gasteiger partial charge in [-0.1, -0.05) is 0 Å². The maximum absolute atomic E-state index is 0. The van der Waals surface area contributed by atoms with E-state index in [1.165, 1.54) is 0 Å². The summed E-state index contributed by atoms with van der Waals surface area (Å²) in [6.45, 7) is 0. The first-order valence-electron chi connectivity index (χ1n) is 0. The summed E-state index contributed by atoms with van der Waals surface area (Å²) in [5.41, 5.74) is 0. The molecule has 0 saturated carbocycles. The molecule has 0 aliphatic carbocycles. The van der Waals surface area contributed by atoms with Gasteiger partial charge in [-0.3, -0.25) is 0 Å². The van der Waals surface area contributed by atoms with E-state index in [2.05, 4.69) is 0 Å². The molecular formula is InO4ScZn. The second-order valence-corrected chi connectivity index (χ2v) is 0. The normalized spacial score (nSPS) is 0. The minimum Gasteiger partial charge on any atom is -2.00 e. The van der Waals surface area contributed by atoms with Crippen LogP contribution in [-0.4, -0.2) is 25.8 Å². The van der Waals surface area contributed by atoms with Crippen LogP contribution in [0.15, 0.2) is 0 Å². The zero-order chi connectivity index (χ0) is 0. The summed E-state index contributed by atoms with van der Waals surface area (Å²) in [6, 6.07) is 0. The molecule has 32 valence electrons. The first-order chi connectivity index (χ1) is 0. The van der Waals surface area contributed by atoms with Crippen LogP contribution in [0.2, 0.25) is 0 Å². The Morgan fingerprint density at radius 3 is 0.571 bits per heavy atom. The van der Waals surface area contributed by atoms with E-state index >= 15 is 0 Å². The molecule has 0 aromatic heterocycles. The van der Waals surface area contributed by atoms with Crippen molar-refractivity contribution in [3.8, 4) is 0 Å². The Hall–Kier alpha value is 2.20. The summed E-state index contributed by atoms with van der Waals surface area (Å²) >= 11 is 0. The largest absolute Gasteiger partial charge is 3.00 e. The summed E-state index contributed by atoms with van der Waals surface area (Å²) in [4.78, 5) is 0. The van der Waals surface area contributed by atoms with E-state index in [1.807, 2.05) is 0 Å². The number of rotatable bonds is 0. The molecule has 7 heavy (non-hydrogen) atoms. The predicted molar refractivity (Wildman–Crippen MR) is 8.50 cm³/mol. The summed E-state index contributed by atoms with van der Waals surface area (Å²) in [5.74, 6) is 0. The smallest absolute Gasteiger partial charge is 2.00 e. The third-order valence-corrected chi connectivity index (χ3v) is 0. The van der Waals surface area contributed by atoms with Crippen LogP contribution in [0.5, 0.6) is 0 Å². The predicted octanol–water partition coefficient (Wildman–Crippen LogP) is -0.861. The van der Waals surface area contributed by atoms with E-state index in [4.69, 9.17) is 0 Å². The molecule has 7 heteroatoms. The van der Waals surface area contributed by atoms with Crippen LogP contribution in [-0.2, 0) is 67.2 Å². The maximum atomic E-state index is 0. The number of hydrogen-bond donors (Lipinski definition) is 0. The second-order valence-electron chi connectivity index (χ2n) is 0. The third kappa shape index (κ3) is 65.0. The Morgan fingerprint density at radius 1 is 0.571 bits per heavy atom. The van der Waals surface area contributed by atoms with Gasteiger partial charge in [0, 0.05) is 0 Å². The van der Waals surface area contributed by atoms with Gasteiger partial charge in [-0.2, -0.15) is 0 Å². The van der Waals surface area contributed by atoms with Crippen molar-refractivity contribution >= 4 is 25.8 Å². The molecule has 0 N–H and O–H groups in total. The minimum atomic E-state index is 0. The average Bonchev–Trinajstić information content (AvgIpc) is 0. The van der Waals surface area contributed by atoms with Gasteiger partial charge < -0.3 is 21.9 Å². The van der Waals surface area contributed by atoms with Gasteiger partial charge in [-0.15, -0.1) is 0 Å². The van der Waals surface area contributed by atoms with Crippen LogP contribution in [0, 0.1) is 0 Å². The topological polar surface area (TPSA) is 114 Å². The zero-order valence-corrected chi connectivity index (χ0v) is 11.6. The molecule has 0 heterocycles. The first-order valence-corrected chi connectivity index (χ1v) is 0. The van der Waals surface area contributed by atoms with Crippen LogP contribution in [0.25, 0.3) is 0 Å². The molecule has 0 bridgehead atoms. The van der Waals surface area contributed by atoms with E-state index in [0.29, 0.717) is 0 Å². The molecule has 0 aromatic rings. The van der Waals surface area contributed by atoms with Gasteiger partial charge >= 0.3 is 71.2 Å². The Kier molecular flexibility index (Phi) is 1600. The van der Waals surface area contributed by atoms with Crippen molar-refractivity contribution < 1.29 is 67.2 Å². The van der Waals surface area contributed by atoms with E-state index < -0.39 is 0 Å². The quantitative estimate of drug-likeness (QED) is 0.516. The van der Waals surface area contributed by atoms with Crippen LogP contribution in [0.3, 0.4) is 0 Å². The van der Waals surface area contributed by atoms with Crippen molar-refractivity contribution in [2.24, 2.45) is 0 Å². The molecule has 0 spiro atoms. The monoisotopic (exact) mass is 288 g/mol. The molecule has 0 fully saturated rings. The molecule has 4 nitrogen and oxygen atoms in total. The van der Waals surface area contributed by atoms with E-state index in [1.54, 1.807) is 0 Å². The Bertz CT molecular complexity index is 11.7. The van der Waals surface area contributed by atoms with Crippen molar-refractivity contribution in [3.63, 3.8) is 0 Å². The van der Waals surface area contributed by atoms with E-state index in [-0.39, 0.29) is 93.1 Å². The molecule has 0 unspecified atom stereocenters. The summed E-state index contributed by atoms with van der Waals surface area (Å²) < 4.78 is 0. The van der Waals surface area contributed by atoms with Crippen molar-refractivity contribution in [3.05, 3.63) is 0 Å². The van der Waals surface area contributed by atoms with Gasteiger partial charge in [-0.25, -0.2) is 0 Å². The number of hydrogen-bond acceptors (Lipinski definition) is 0. The standard InChI is InChI=1S/In.4O.Sc.Zn/q+3;4*-2;+3;+2. The van der Waals surface area contributed by atoms with E-state index in [0.717, 1.165) is 0 Å². The molecule has 0 aromatic carbocycles. The Labute approximate surface area is 92.0 Å². The zero-order valence-electron chi connectivity index (χ0n) is 3.49. The second kappa shape index (κ2) is 87.7. The molecule has 0 rings (SSSR count). The van der Waals surface area contributed by atoms with Gasteiger partial charge in [-0.05, 0) is 0 Å². The molecule has 0 atom stereocenters. The van der Waals surface area contributed by atoms with Gasteiger partial charge in [0.05, 0.1) is 0 Å². The summed E-state index contributed by atoms with van der Waals surface area (Å²) in [5, 5.41) is 0. The fraction of sp³-hybridized carbons (Fsp3) is 0. The Balaban J connectivity index is 0. The molecule has 0 aliphatic rings. The SMILES string of the molecule is [In+3].[O-2].[O-2].[O-2].[O-2].[Sc+3].[Zn+2]. The maximum Gasteiger partial charge on any atom is 3.00 e. The van der Waals surface area contributed by atoms with Gasteiger partial charge in [0.15, 0.2) is 0 Å². The van der Waals surface area contributed by atoms with Crippen LogP contribution in [0.1, 0.15) is 0 Å². The van der Waals surface area contributed by atoms with E-state index in [9.17, 15) is 0 Å².